The van der Waals surface area contributed by atoms with Crippen molar-refractivity contribution in [1.82, 2.24) is 108 Å². The summed E-state index contributed by atoms with van der Waals surface area (Å²) in [6.45, 7) is 66.6. The van der Waals surface area contributed by atoms with E-state index >= 15 is 0 Å². The summed E-state index contributed by atoms with van der Waals surface area (Å²) in [5.74, 6) is 2.00. The van der Waals surface area contributed by atoms with Gasteiger partial charge in [-0.05, 0) is 78.8 Å². The molecule has 12 rings (SSSR count). The van der Waals surface area contributed by atoms with Crippen molar-refractivity contribution >= 4 is 86.7 Å². The van der Waals surface area contributed by atoms with Crippen LogP contribution in [0.4, 0.5) is 4.39 Å². The lowest BCUT2D eigenvalue weighted by molar-refractivity contribution is -0.144. The van der Waals surface area contributed by atoms with E-state index in [0.717, 1.165) is 44.7 Å². The topological polar surface area (TPSA) is 462 Å². The SMILES string of the molecule is CC(C)C(=O)c1cccnc1.CC(C)C(=O)c1ccnc(C(C)C)n1.CC(C)C(=O)c1cn(C)cn1.CC(C)C(=O)c1cncn1C.CC(C)C(=O)c1cnn(C(C)C)c1.CC(C)C(=O)c1csc(C(C)C)n1.CC(C)C(=O)c1ncccc1F.CC(C)C(=O)c1nccn1C.CCOC(=O)Cn1cc(C(=O)C(C)C)nn1.Cc1[nH]cnc1C(=O)C(C)C.Cc1nn(C)c(C)c1C(=O)C(C)C.Cc1nn(C)cc1C(=O)C(C)C. The first-order valence-electron chi connectivity index (χ1n) is 49.7. The van der Waals surface area contributed by atoms with E-state index in [1.165, 1.54) is 29.2 Å². The van der Waals surface area contributed by atoms with Crippen LogP contribution in [0, 0.1) is 105 Å². The Kier molecular flexibility index (Phi) is 58.6. The second kappa shape index (κ2) is 65.6. The van der Waals surface area contributed by atoms with Crippen molar-refractivity contribution in [3.63, 3.8) is 0 Å². The van der Waals surface area contributed by atoms with Crippen molar-refractivity contribution in [3.05, 3.63) is 236 Å². The fourth-order valence-electron chi connectivity index (χ4n) is 12.0. The van der Waals surface area contributed by atoms with Gasteiger partial charge in [0, 0.05) is 202 Å². The van der Waals surface area contributed by atoms with E-state index in [-0.39, 0.29) is 164 Å². The molecule has 0 spiro atoms. The first-order chi connectivity index (χ1) is 68.9. The Morgan fingerprint density at radius 1 is 0.432 bits per heavy atom. The highest BCUT2D eigenvalue weighted by molar-refractivity contribution is 7.09. The lowest BCUT2D eigenvalue weighted by Gasteiger charge is -2.06. The summed E-state index contributed by atoms with van der Waals surface area (Å²) in [4.78, 5) is 187. The van der Waals surface area contributed by atoms with Gasteiger partial charge in [0.25, 0.3) is 0 Å². The van der Waals surface area contributed by atoms with Gasteiger partial charge in [-0.15, -0.1) is 16.4 Å². The van der Waals surface area contributed by atoms with Gasteiger partial charge >= 0.3 is 5.97 Å². The van der Waals surface area contributed by atoms with Crippen LogP contribution in [-0.4, -0.2) is 190 Å². The summed E-state index contributed by atoms with van der Waals surface area (Å²) >= 11 is 1.57. The standard InChI is InChI=1S/C11H16N2O.C10H15N3O3.2C10H16N2O.C10H15NOS.C9H10FNO.C9H14N2O.C9H11NO.4C8H12N2O/c1-7(2)10(14)9-5-6-12-11(13-9)8(3)4;1-4-16-9(14)6-13-5-8(11-12-13)10(15)7(2)3;1-7(2)10(13)9-5-11-12(6-9)8(3)4;1-6(2)10(13)9-7(3)11-12(5)8(9)4;1-6(2)9(12)8-5-13-10(11-8)7(3)4;1-6(2)9(12)8-7(10)4-3-5-11-8;1-6(2)9(12)8-5-11(4)10-7(8)3;1-7(2)9(11)8-4-3-5-10-6-8;1-6(2)8(11)7-4-10(3)5-9-7;1-6(2)8(11)7-4-9-5-10(7)3;1-6(2)7(11)8-9-4-5-10(8)3;1-5(2)8(11)7-6(3)9-4-10-7/h5-8H,1-4H3;5,7H,4,6H2,1-3H3;5-8H,1-4H3;6H,1-5H3;5-7H,1-4H3;3-6H,1-2H3;5-6H,1-4H3;3-7H,1-2H3;3*4-6H,1-3H3;4-5H,1-3H3,(H,9,10). The molecule has 0 aromatic carbocycles. The Hall–Kier alpha value is -13.9. The Bertz CT molecular complexity index is 6000. The molecule has 0 fully saturated rings. The van der Waals surface area contributed by atoms with Crippen LogP contribution in [0.2, 0.25) is 0 Å². The van der Waals surface area contributed by atoms with Crippen LogP contribution in [0.3, 0.4) is 0 Å². The van der Waals surface area contributed by atoms with Crippen LogP contribution < -0.4 is 0 Å². The molecule has 0 saturated carbocycles. The first kappa shape index (κ1) is 132. The number of Topliss-reactive ketones (excluding diaryl/α,β-unsaturated/α-hetero) is 12. The molecule has 0 bridgehead atoms. The number of carbonyl (C=O) groups excluding carboxylic acids is 13. The molecule has 12 heterocycles. The van der Waals surface area contributed by atoms with Crippen LogP contribution in [-0.2, 0) is 51.3 Å². The number of pyridine rings is 2. The van der Waals surface area contributed by atoms with E-state index in [1.54, 1.807) is 167 Å². The predicted molar refractivity (Wildman–Crippen MR) is 574 cm³/mol. The van der Waals surface area contributed by atoms with Crippen molar-refractivity contribution in [2.24, 2.45) is 106 Å². The molecule has 0 aliphatic heterocycles. The molecular formula is C110H161FN22O14S. The molecule has 1 N–H and O–H groups in total. The zero-order valence-electron chi connectivity index (χ0n) is 94.6. The minimum absolute atomic E-state index is 0.00934. The largest absolute Gasteiger partial charge is 0.465 e. The maximum atomic E-state index is 12.9. The molecule has 36 nitrogen and oxygen atoms in total. The summed E-state index contributed by atoms with van der Waals surface area (Å²) in [5, 5.41) is 22.7. The van der Waals surface area contributed by atoms with Gasteiger partial charge in [0.15, 0.2) is 75.3 Å². The zero-order valence-corrected chi connectivity index (χ0v) is 95.4. The van der Waals surface area contributed by atoms with E-state index in [1.807, 2.05) is 241 Å². The lowest BCUT2D eigenvalue weighted by Crippen LogP contribution is -2.14. The molecule has 0 amide bonds. The number of nitrogens with one attached hydrogen (secondary N) is 1. The molecular weight excluding hydrogens is 1900 g/mol. The molecule has 808 valence electrons. The molecule has 12 aromatic rings. The zero-order chi connectivity index (χ0) is 113. The maximum absolute atomic E-state index is 12.9. The van der Waals surface area contributed by atoms with Crippen LogP contribution in [0.25, 0.3) is 0 Å². The van der Waals surface area contributed by atoms with E-state index in [9.17, 15) is 66.7 Å². The molecule has 0 aliphatic carbocycles. The molecule has 0 unspecified atom stereocenters. The Balaban J connectivity index is 0.000000808. The average molecular weight is 2070 g/mol. The number of aromatic nitrogens is 22. The van der Waals surface area contributed by atoms with Gasteiger partial charge in [-0.25, -0.2) is 44.0 Å². The monoisotopic (exact) mass is 2070 g/mol. The van der Waals surface area contributed by atoms with Crippen molar-refractivity contribution in [3.8, 4) is 0 Å². The normalized spacial score (nSPS) is 10.7. The number of halogens is 1. The van der Waals surface area contributed by atoms with Gasteiger partial charge in [-0.1, -0.05) is 199 Å². The minimum atomic E-state index is -0.545. The third kappa shape index (κ3) is 45.2. The summed E-state index contributed by atoms with van der Waals surface area (Å²) in [5.41, 5.74) is 9.57. The number of aromatic amines is 1. The number of ketones is 12. The van der Waals surface area contributed by atoms with Gasteiger partial charge < -0.3 is 23.4 Å². The fraction of sp³-hybridized carbons (Fsp3) is 0.518. The second-order valence-electron chi connectivity index (χ2n) is 39.4. The van der Waals surface area contributed by atoms with E-state index < -0.39 is 11.8 Å². The van der Waals surface area contributed by atoms with Crippen LogP contribution in [0.5, 0.6) is 0 Å². The number of aryl methyl sites for hydroxylation is 8. The predicted octanol–water partition coefficient (Wildman–Crippen LogP) is 21.3. The third-order valence-electron chi connectivity index (χ3n) is 20.9. The van der Waals surface area contributed by atoms with Crippen LogP contribution in [0.15, 0.2) is 129 Å². The Morgan fingerprint density at radius 2 is 0.953 bits per heavy atom. The highest BCUT2D eigenvalue weighted by Gasteiger charge is 2.25. The number of esters is 1. The number of H-pyrrole nitrogens is 1. The van der Waals surface area contributed by atoms with Crippen molar-refractivity contribution in [2.45, 2.75) is 267 Å². The first-order valence-corrected chi connectivity index (χ1v) is 50.6. The number of hydrogen-bond donors (Lipinski definition) is 1. The van der Waals surface area contributed by atoms with Crippen molar-refractivity contribution in [2.75, 3.05) is 6.61 Å². The van der Waals surface area contributed by atoms with Crippen LogP contribution in [0.1, 0.15) is 392 Å². The number of rotatable bonds is 30. The van der Waals surface area contributed by atoms with Gasteiger partial charge in [0.1, 0.15) is 52.2 Å². The van der Waals surface area contributed by atoms with Gasteiger partial charge in [0.05, 0.1) is 77.3 Å². The van der Waals surface area contributed by atoms with Gasteiger partial charge in [-0.3, -0.25) is 86.3 Å². The van der Waals surface area contributed by atoms with E-state index in [0.29, 0.717) is 64.0 Å². The van der Waals surface area contributed by atoms with Gasteiger partial charge in [0.2, 0.25) is 5.78 Å². The minimum Gasteiger partial charge on any atom is -0.465 e. The third-order valence-corrected chi connectivity index (χ3v) is 22.1. The lowest BCUT2D eigenvalue weighted by atomic mass is 10.00. The van der Waals surface area contributed by atoms with E-state index in [2.05, 4.69) is 89.3 Å². The quantitative estimate of drug-likeness (QED) is 0.0323. The number of ether oxygens (including phenoxy) is 1. The number of carbonyl (C=O) groups is 13. The molecule has 38 heteroatoms. The molecule has 0 atom stereocenters. The number of imidazole rings is 4. The Morgan fingerprint density at radius 3 is 1.36 bits per heavy atom. The van der Waals surface area contributed by atoms with Crippen molar-refractivity contribution < 1.29 is 71.5 Å². The summed E-state index contributed by atoms with van der Waals surface area (Å²) in [7, 11) is 9.18. The Labute approximate surface area is 877 Å². The summed E-state index contributed by atoms with van der Waals surface area (Å²) < 4.78 is 29.4. The molecule has 148 heavy (non-hydrogen) atoms. The van der Waals surface area contributed by atoms with E-state index in [4.69, 9.17) is 4.74 Å². The number of thiazole rings is 1. The highest BCUT2D eigenvalue weighted by Crippen LogP contribution is 2.23. The smallest absolute Gasteiger partial charge is 0.327 e. The average Bonchev–Trinajstić information content (AvgIpc) is 1.68. The maximum Gasteiger partial charge on any atom is 0.327 e. The summed E-state index contributed by atoms with van der Waals surface area (Å²) in [6.07, 6.45) is 24.6. The number of nitrogens with zero attached hydrogens (tertiary/aromatic N) is 21. The fourth-order valence-corrected chi connectivity index (χ4v) is 12.8. The summed E-state index contributed by atoms with van der Waals surface area (Å²) in [6, 6.07) is 8.25. The van der Waals surface area contributed by atoms with Gasteiger partial charge in [-0.2, -0.15) is 15.3 Å². The highest BCUT2D eigenvalue weighted by atomic mass is 32.1. The number of hydrogen-bond acceptors (Lipinski definition) is 29. The molecule has 0 aliphatic rings. The van der Waals surface area contributed by atoms with Crippen molar-refractivity contribution in [1.29, 1.82) is 0 Å². The molecule has 0 saturated heterocycles. The van der Waals surface area contributed by atoms with Crippen LogP contribution >= 0.6 is 11.3 Å². The second-order valence-corrected chi connectivity index (χ2v) is 40.3. The molecule has 12 aromatic heterocycles. The molecule has 0 radical (unpaired) electrons.